The van der Waals surface area contributed by atoms with Crippen molar-refractivity contribution in [3.63, 3.8) is 0 Å². The number of esters is 1. The molecule has 0 aromatic carbocycles. The van der Waals surface area contributed by atoms with Crippen molar-refractivity contribution in [2.24, 2.45) is 0 Å². The van der Waals surface area contributed by atoms with E-state index in [9.17, 15) is 9.18 Å². The molecule has 0 radical (unpaired) electrons. The van der Waals surface area contributed by atoms with Gasteiger partial charge in [0.25, 0.3) is 0 Å². The molecule has 4 heteroatoms. The van der Waals surface area contributed by atoms with E-state index in [1.165, 1.54) is 13.2 Å². The Hall–Kier alpha value is -0.900. The smallest absolute Gasteiger partial charge is 0.348 e. The minimum Gasteiger partial charge on any atom is -0.465 e. The van der Waals surface area contributed by atoms with Crippen LogP contribution in [0.4, 0.5) is 4.39 Å². The van der Waals surface area contributed by atoms with Gasteiger partial charge in [-0.3, -0.25) is 0 Å². The van der Waals surface area contributed by atoms with Crippen LogP contribution in [0.25, 0.3) is 0 Å². The molecule has 2 nitrogen and oxygen atoms in total. The van der Waals surface area contributed by atoms with Crippen LogP contribution in [0.1, 0.15) is 15.2 Å². The summed E-state index contributed by atoms with van der Waals surface area (Å²) in [4.78, 5) is 11.2. The monoisotopic (exact) mass is 174 g/mol. The lowest BCUT2D eigenvalue weighted by atomic mass is 10.3. The second kappa shape index (κ2) is 3.00. The van der Waals surface area contributed by atoms with Gasteiger partial charge in [-0.15, -0.1) is 0 Å². The lowest BCUT2D eigenvalue weighted by molar-refractivity contribution is 0.0605. The highest BCUT2D eigenvalue weighted by Crippen LogP contribution is 2.20. The third-order valence-corrected chi connectivity index (χ3v) is 2.26. The quantitative estimate of drug-likeness (QED) is 0.608. The van der Waals surface area contributed by atoms with Gasteiger partial charge in [-0.2, -0.15) is 4.39 Å². The van der Waals surface area contributed by atoms with Gasteiger partial charge in [0, 0.05) is 0 Å². The predicted octanol–water partition coefficient (Wildman–Crippen LogP) is 1.98. The first-order chi connectivity index (χ1) is 5.15. The van der Waals surface area contributed by atoms with E-state index in [4.69, 9.17) is 0 Å². The maximum Gasteiger partial charge on any atom is 0.348 e. The molecule has 0 amide bonds. The average Bonchev–Trinajstić information content (AvgIpc) is 2.28. The summed E-state index contributed by atoms with van der Waals surface area (Å²) in [5.74, 6) is -0.476. The number of aryl methyl sites for hydroxylation is 1. The molecule has 0 fully saturated rings. The second-order valence-electron chi connectivity index (χ2n) is 2.05. The normalized spacial score (nSPS) is 9.73. The van der Waals surface area contributed by atoms with Crippen molar-refractivity contribution in [2.75, 3.05) is 7.11 Å². The standard InChI is InChI=1S/C7H7FO2S/c1-4-3-5(8)11-6(4)7(9)10-2/h3H,1-2H3. The zero-order chi connectivity index (χ0) is 8.43. The Balaban J connectivity index is 3.03. The minimum absolute atomic E-state index is 0.338. The summed E-state index contributed by atoms with van der Waals surface area (Å²) in [6.07, 6.45) is 0. The number of carbonyl (C=O) groups is 1. The van der Waals surface area contributed by atoms with Crippen LogP contribution in [-0.2, 0) is 4.74 Å². The molecular formula is C7H7FO2S. The van der Waals surface area contributed by atoms with Gasteiger partial charge in [-0.05, 0) is 18.6 Å². The molecule has 0 aliphatic carbocycles. The van der Waals surface area contributed by atoms with Gasteiger partial charge in [0.15, 0.2) is 5.13 Å². The summed E-state index contributed by atoms with van der Waals surface area (Å²) in [6, 6.07) is 1.32. The second-order valence-corrected chi connectivity index (χ2v) is 3.06. The first-order valence-electron chi connectivity index (χ1n) is 2.99. The Morgan fingerprint density at radius 2 is 2.36 bits per heavy atom. The Morgan fingerprint density at radius 3 is 2.73 bits per heavy atom. The molecule has 1 aromatic heterocycles. The van der Waals surface area contributed by atoms with Crippen LogP contribution in [0.2, 0.25) is 0 Å². The van der Waals surface area contributed by atoms with Crippen LogP contribution in [0.5, 0.6) is 0 Å². The number of methoxy groups -OCH3 is 1. The molecule has 0 saturated carbocycles. The average molecular weight is 174 g/mol. The fraction of sp³-hybridized carbons (Fsp3) is 0.286. The first-order valence-corrected chi connectivity index (χ1v) is 3.81. The number of hydrogen-bond acceptors (Lipinski definition) is 3. The molecule has 0 aliphatic heterocycles. The summed E-state index contributed by atoms with van der Waals surface area (Å²) < 4.78 is 16.9. The molecule has 0 saturated heterocycles. The number of thiophene rings is 1. The highest BCUT2D eigenvalue weighted by atomic mass is 32.1. The van der Waals surface area contributed by atoms with E-state index in [0.717, 1.165) is 11.3 Å². The maximum atomic E-state index is 12.5. The molecule has 1 heterocycles. The Morgan fingerprint density at radius 1 is 1.73 bits per heavy atom. The van der Waals surface area contributed by atoms with Crippen LogP contribution in [0.15, 0.2) is 6.07 Å². The minimum atomic E-state index is -0.476. The number of halogens is 1. The van der Waals surface area contributed by atoms with E-state index in [-0.39, 0.29) is 5.13 Å². The van der Waals surface area contributed by atoms with Gasteiger partial charge < -0.3 is 4.74 Å². The summed E-state index contributed by atoms with van der Waals surface area (Å²) >= 11 is 0.806. The molecule has 0 atom stereocenters. The van der Waals surface area contributed by atoms with E-state index in [1.807, 2.05) is 0 Å². The van der Waals surface area contributed by atoms with E-state index >= 15 is 0 Å². The Labute approximate surface area is 67.6 Å². The SMILES string of the molecule is COC(=O)c1sc(F)cc1C. The van der Waals surface area contributed by atoms with Crippen molar-refractivity contribution in [2.45, 2.75) is 6.92 Å². The topological polar surface area (TPSA) is 26.3 Å². The van der Waals surface area contributed by atoms with Gasteiger partial charge >= 0.3 is 5.97 Å². The van der Waals surface area contributed by atoms with Crippen LogP contribution in [-0.4, -0.2) is 13.1 Å². The molecule has 0 spiro atoms. The lowest BCUT2D eigenvalue weighted by Gasteiger charge is -1.93. The largest absolute Gasteiger partial charge is 0.465 e. The molecule has 1 aromatic rings. The Kier molecular flexibility index (Phi) is 2.24. The van der Waals surface area contributed by atoms with Gasteiger partial charge in [0.1, 0.15) is 4.88 Å². The summed E-state index contributed by atoms with van der Waals surface area (Å²) in [5, 5.41) is -0.358. The van der Waals surface area contributed by atoms with Gasteiger partial charge in [-0.1, -0.05) is 11.3 Å². The summed E-state index contributed by atoms with van der Waals surface area (Å²) in [5.41, 5.74) is 0.624. The van der Waals surface area contributed by atoms with Crippen LogP contribution in [0, 0.1) is 12.1 Å². The third kappa shape index (κ3) is 1.57. The number of carbonyl (C=O) groups excluding carboxylic acids is 1. The predicted molar refractivity (Wildman–Crippen MR) is 40.4 cm³/mol. The number of rotatable bonds is 1. The van der Waals surface area contributed by atoms with Crippen molar-refractivity contribution in [1.82, 2.24) is 0 Å². The molecule has 60 valence electrons. The van der Waals surface area contributed by atoms with Gasteiger partial charge in [0.2, 0.25) is 0 Å². The van der Waals surface area contributed by atoms with Crippen molar-refractivity contribution in [3.05, 3.63) is 21.6 Å². The molecule has 0 N–H and O–H groups in total. The van der Waals surface area contributed by atoms with E-state index in [0.29, 0.717) is 10.4 Å². The molecule has 0 unspecified atom stereocenters. The molecule has 0 aliphatic rings. The van der Waals surface area contributed by atoms with Gasteiger partial charge in [-0.25, -0.2) is 4.79 Å². The zero-order valence-electron chi connectivity index (χ0n) is 6.18. The third-order valence-electron chi connectivity index (χ3n) is 1.26. The van der Waals surface area contributed by atoms with Gasteiger partial charge in [0.05, 0.1) is 7.11 Å². The number of ether oxygens (including phenoxy) is 1. The fourth-order valence-electron chi connectivity index (χ4n) is 0.739. The van der Waals surface area contributed by atoms with Crippen LogP contribution < -0.4 is 0 Å². The molecule has 11 heavy (non-hydrogen) atoms. The van der Waals surface area contributed by atoms with Crippen molar-refractivity contribution in [1.29, 1.82) is 0 Å². The fourth-order valence-corrected chi connectivity index (χ4v) is 1.56. The number of hydrogen-bond donors (Lipinski definition) is 0. The van der Waals surface area contributed by atoms with E-state index < -0.39 is 5.97 Å². The van der Waals surface area contributed by atoms with Crippen molar-refractivity contribution < 1.29 is 13.9 Å². The van der Waals surface area contributed by atoms with Crippen LogP contribution >= 0.6 is 11.3 Å². The molecular weight excluding hydrogens is 167 g/mol. The van der Waals surface area contributed by atoms with Crippen LogP contribution in [0.3, 0.4) is 0 Å². The summed E-state index contributed by atoms with van der Waals surface area (Å²) in [6.45, 7) is 1.67. The first kappa shape index (κ1) is 8.20. The maximum absolute atomic E-state index is 12.5. The lowest BCUT2D eigenvalue weighted by Crippen LogP contribution is -1.99. The molecule has 0 bridgehead atoms. The molecule has 1 rings (SSSR count). The summed E-state index contributed by atoms with van der Waals surface area (Å²) in [7, 11) is 1.28. The van der Waals surface area contributed by atoms with Crippen molar-refractivity contribution in [3.8, 4) is 0 Å². The Bertz CT molecular complexity index is 280. The van der Waals surface area contributed by atoms with E-state index in [1.54, 1.807) is 6.92 Å². The zero-order valence-corrected chi connectivity index (χ0v) is 7.00. The van der Waals surface area contributed by atoms with Crippen molar-refractivity contribution >= 4 is 17.3 Å². The highest BCUT2D eigenvalue weighted by Gasteiger charge is 2.12. The van der Waals surface area contributed by atoms with E-state index in [2.05, 4.69) is 4.74 Å². The highest BCUT2D eigenvalue weighted by molar-refractivity contribution is 7.12.